The second-order valence-corrected chi connectivity index (χ2v) is 4.15. The zero-order valence-corrected chi connectivity index (χ0v) is 10.4. The van der Waals surface area contributed by atoms with E-state index in [1.165, 1.54) is 21.4 Å². The summed E-state index contributed by atoms with van der Waals surface area (Å²) in [5, 5.41) is 3.98. The maximum Gasteiger partial charge on any atom is 0.351 e. The molecule has 6 nitrogen and oxygen atoms in total. The van der Waals surface area contributed by atoms with Crippen molar-refractivity contribution in [2.45, 2.75) is 6.54 Å². The van der Waals surface area contributed by atoms with Crippen LogP contribution < -0.4 is 11.2 Å². The first-order valence-corrected chi connectivity index (χ1v) is 5.92. The average molecular weight is 266 g/mol. The molecule has 0 saturated carbocycles. The molecule has 0 aliphatic heterocycles. The lowest BCUT2D eigenvalue weighted by molar-refractivity contribution is 0.684. The number of aromatic nitrogens is 4. The topological polar surface area (TPSA) is 61.3 Å². The lowest BCUT2D eigenvalue weighted by Crippen LogP contribution is -2.23. The number of benzene rings is 1. The van der Waals surface area contributed by atoms with Crippen LogP contribution in [-0.4, -0.2) is 18.7 Å². The Bertz CT molecular complexity index is 926. The Morgan fingerprint density at radius 2 is 1.90 bits per heavy atom. The molecule has 0 radical (unpaired) electrons. The van der Waals surface area contributed by atoms with Crippen LogP contribution in [0.4, 0.5) is 0 Å². The van der Waals surface area contributed by atoms with Crippen LogP contribution in [0.2, 0.25) is 0 Å². The zero-order valence-electron chi connectivity index (χ0n) is 10.4. The van der Waals surface area contributed by atoms with Crippen LogP contribution in [-0.2, 0) is 6.54 Å². The second kappa shape index (κ2) is 4.55. The fraction of sp³-hybridized carbons (Fsp3) is 0.0714. The molecule has 98 valence electrons. The standard InChI is InChI=1S/C14H10N4O2/c1-2-8-18-14(20)17-10-9-16(13(19)12(17)15-18)11-6-4-3-5-7-11/h1,3-7,9-10H,8H2. The number of rotatable bonds is 2. The molecular weight excluding hydrogens is 256 g/mol. The van der Waals surface area contributed by atoms with Gasteiger partial charge in [0.25, 0.3) is 0 Å². The van der Waals surface area contributed by atoms with Crippen LogP contribution in [0.5, 0.6) is 0 Å². The SMILES string of the molecule is C#CCn1nc2c(=O)n(-c3ccccc3)ccn2c1=O. The molecule has 0 saturated heterocycles. The van der Waals surface area contributed by atoms with Crippen molar-refractivity contribution in [1.29, 1.82) is 0 Å². The molecule has 6 heteroatoms. The van der Waals surface area contributed by atoms with E-state index in [-0.39, 0.29) is 17.8 Å². The van der Waals surface area contributed by atoms with Crippen molar-refractivity contribution in [2.24, 2.45) is 0 Å². The minimum absolute atomic E-state index is 0.0330. The first kappa shape index (κ1) is 12.0. The van der Waals surface area contributed by atoms with Gasteiger partial charge in [0.2, 0.25) is 5.65 Å². The number of hydrogen-bond acceptors (Lipinski definition) is 3. The Morgan fingerprint density at radius 1 is 1.15 bits per heavy atom. The highest BCUT2D eigenvalue weighted by Crippen LogP contribution is 2.03. The fourth-order valence-electron chi connectivity index (χ4n) is 1.99. The molecule has 0 unspecified atom stereocenters. The summed E-state index contributed by atoms with van der Waals surface area (Å²) in [7, 11) is 0. The van der Waals surface area contributed by atoms with Crippen LogP contribution in [0.1, 0.15) is 0 Å². The van der Waals surface area contributed by atoms with E-state index in [2.05, 4.69) is 11.0 Å². The molecule has 0 aliphatic rings. The van der Waals surface area contributed by atoms with Crippen molar-refractivity contribution in [3.8, 4) is 18.0 Å². The quantitative estimate of drug-likeness (QED) is 0.626. The molecule has 0 aliphatic carbocycles. The third-order valence-corrected chi connectivity index (χ3v) is 2.92. The van der Waals surface area contributed by atoms with Gasteiger partial charge < -0.3 is 0 Å². The van der Waals surface area contributed by atoms with Gasteiger partial charge >= 0.3 is 11.2 Å². The maximum absolute atomic E-state index is 12.4. The third-order valence-electron chi connectivity index (χ3n) is 2.92. The maximum atomic E-state index is 12.4. The fourth-order valence-corrected chi connectivity index (χ4v) is 1.99. The summed E-state index contributed by atoms with van der Waals surface area (Å²) in [5.74, 6) is 2.33. The summed E-state index contributed by atoms with van der Waals surface area (Å²) in [4.78, 5) is 24.3. The summed E-state index contributed by atoms with van der Waals surface area (Å²) >= 11 is 0. The Labute approximate surface area is 113 Å². The lowest BCUT2D eigenvalue weighted by Gasteiger charge is -2.04. The van der Waals surface area contributed by atoms with Crippen molar-refractivity contribution < 1.29 is 0 Å². The summed E-state index contributed by atoms with van der Waals surface area (Å²) < 4.78 is 3.72. The minimum Gasteiger partial charge on any atom is -0.280 e. The van der Waals surface area contributed by atoms with Crippen LogP contribution in [0.15, 0.2) is 52.3 Å². The number of nitrogens with zero attached hydrogens (tertiary/aromatic N) is 4. The first-order valence-electron chi connectivity index (χ1n) is 5.92. The Morgan fingerprint density at radius 3 is 2.60 bits per heavy atom. The van der Waals surface area contributed by atoms with Gasteiger partial charge in [0.05, 0.1) is 0 Å². The zero-order chi connectivity index (χ0) is 14.1. The van der Waals surface area contributed by atoms with Gasteiger partial charge in [-0.25, -0.2) is 13.9 Å². The van der Waals surface area contributed by atoms with Crippen LogP contribution in [0.3, 0.4) is 0 Å². The highest BCUT2D eigenvalue weighted by atomic mass is 16.2. The number of para-hydroxylation sites is 1. The molecular formula is C14H10N4O2. The molecule has 3 rings (SSSR count). The summed E-state index contributed by atoms with van der Waals surface area (Å²) in [6, 6.07) is 9.12. The number of hydrogen-bond donors (Lipinski definition) is 0. The molecule has 3 aromatic rings. The van der Waals surface area contributed by atoms with Gasteiger partial charge in [0.1, 0.15) is 6.54 Å². The molecule has 2 heterocycles. The highest BCUT2D eigenvalue weighted by Gasteiger charge is 2.11. The summed E-state index contributed by atoms with van der Waals surface area (Å²) in [5.41, 5.74) is -0.0302. The molecule has 0 fully saturated rings. The molecule has 0 amide bonds. The third kappa shape index (κ3) is 1.73. The van der Waals surface area contributed by atoms with Crippen LogP contribution >= 0.6 is 0 Å². The molecule has 20 heavy (non-hydrogen) atoms. The van der Waals surface area contributed by atoms with Gasteiger partial charge in [0.15, 0.2) is 0 Å². The average Bonchev–Trinajstić information content (AvgIpc) is 2.79. The van der Waals surface area contributed by atoms with Gasteiger partial charge in [-0.15, -0.1) is 11.5 Å². The van der Waals surface area contributed by atoms with Gasteiger partial charge in [0, 0.05) is 18.1 Å². The van der Waals surface area contributed by atoms with Crippen molar-refractivity contribution in [1.82, 2.24) is 18.7 Å². The number of fused-ring (bicyclic) bond motifs is 1. The normalized spacial score (nSPS) is 10.6. The lowest BCUT2D eigenvalue weighted by atomic mass is 10.3. The molecule has 0 spiro atoms. The van der Waals surface area contributed by atoms with E-state index in [4.69, 9.17) is 6.42 Å². The van der Waals surface area contributed by atoms with Gasteiger partial charge in [-0.1, -0.05) is 24.1 Å². The Kier molecular flexibility index (Phi) is 2.73. The van der Waals surface area contributed by atoms with E-state index in [0.717, 1.165) is 4.68 Å². The predicted molar refractivity (Wildman–Crippen MR) is 73.9 cm³/mol. The van der Waals surface area contributed by atoms with Gasteiger partial charge in [-0.05, 0) is 12.1 Å². The molecule has 0 N–H and O–H groups in total. The number of terminal acetylenes is 1. The Hall–Kier alpha value is -3.07. The van der Waals surface area contributed by atoms with Crippen molar-refractivity contribution in [3.63, 3.8) is 0 Å². The molecule has 0 bridgehead atoms. The Balaban J connectivity index is 2.30. The van der Waals surface area contributed by atoms with Crippen molar-refractivity contribution in [3.05, 3.63) is 63.6 Å². The smallest absolute Gasteiger partial charge is 0.280 e. The van der Waals surface area contributed by atoms with E-state index in [1.54, 1.807) is 12.1 Å². The summed E-state index contributed by atoms with van der Waals surface area (Å²) in [6.07, 6.45) is 8.21. The van der Waals surface area contributed by atoms with Crippen molar-refractivity contribution >= 4 is 5.65 Å². The van der Waals surface area contributed by atoms with E-state index in [1.807, 2.05) is 18.2 Å². The molecule has 0 atom stereocenters. The van der Waals surface area contributed by atoms with Gasteiger partial charge in [-0.3, -0.25) is 9.36 Å². The first-order chi connectivity index (χ1) is 9.72. The molecule has 1 aromatic carbocycles. The van der Waals surface area contributed by atoms with E-state index in [9.17, 15) is 9.59 Å². The van der Waals surface area contributed by atoms with E-state index < -0.39 is 5.69 Å². The van der Waals surface area contributed by atoms with Crippen LogP contribution in [0.25, 0.3) is 11.3 Å². The van der Waals surface area contributed by atoms with Gasteiger partial charge in [-0.2, -0.15) is 0 Å². The predicted octanol–water partition coefficient (Wildman–Crippen LogP) is 0.280. The largest absolute Gasteiger partial charge is 0.351 e. The van der Waals surface area contributed by atoms with Crippen molar-refractivity contribution in [2.75, 3.05) is 0 Å². The van der Waals surface area contributed by atoms with E-state index in [0.29, 0.717) is 5.69 Å². The minimum atomic E-state index is -0.421. The van der Waals surface area contributed by atoms with E-state index >= 15 is 0 Å². The molecule has 2 aromatic heterocycles. The van der Waals surface area contributed by atoms with Crippen LogP contribution in [0, 0.1) is 12.3 Å². The monoisotopic (exact) mass is 266 g/mol. The second-order valence-electron chi connectivity index (χ2n) is 4.15. The summed E-state index contributed by atoms with van der Waals surface area (Å²) in [6.45, 7) is 0.0330. The highest BCUT2D eigenvalue weighted by molar-refractivity contribution is 5.39.